The number of hydrogen-bond acceptors (Lipinski definition) is 3. The van der Waals surface area contributed by atoms with Gasteiger partial charge < -0.3 is 9.80 Å². The van der Waals surface area contributed by atoms with Gasteiger partial charge in [-0.2, -0.15) is 0 Å². The largest absolute Gasteiger partial charge is 0.378 e. The van der Waals surface area contributed by atoms with Gasteiger partial charge in [-0.15, -0.1) is 0 Å². The molecule has 0 heterocycles. The van der Waals surface area contributed by atoms with Crippen molar-refractivity contribution in [2.24, 2.45) is 0 Å². The average molecular weight is 348 g/mol. The van der Waals surface area contributed by atoms with Gasteiger partial charge in [0, 0.05) is 39.6 Å². The molecule has 136 valence electrons. The first kappa shape index (κ1) is 19.5. The van der Waals surface area contributed by atoms with Crippen molar-refractivity contribution in [1.29, 1.82) is 0 Å². The van der Waals surface area contributed by atoms with Gasteiger partial charge in [0.25, 0.3) is 0 Å². The fraction of sp³-hybridized carbons (Fsp3) is 0.261. The smallest absolute Gasteiger partial charge is 0.184 e. The van der Waals surface area contributed by atoms with Gasteiger partial charge in [0.2, 0.25) is 0 Å². The Morgan fingerprint density at radius 1 is 0.654 bits per heavy atom. The molecule has 0 aliphatic heterocycles. The van der Waals surface area contributed by atoms with E-state index in [2.05, 4.69) is 34.1 Å². The van der Waals surface area contributed by atoms with Crippen LogP contribution in [0, 0.1) is 0 Å². The number of Topliss-reactive ketones (excluding diaryl/α,β-unsaturated/α-hetero) is 1. The van der Waals surface area contributed by atoms with E-state index in [0.717, 1.165) is 33.6 Å². The highest BCUT2D eigenvalue weighted by molar-refractivity contribution is 6.12. The summed E-state index contributed by atoms with van der Waals surface area (Å²) in [6, 6.07) is 16.3. The second-order valence-electron chi connectivity index (χ2n) is 6.96. The summed E-state index contributed by atoms with van der Waals surface area (Å²) < 4.78 is 0. The van der Waals surface area contributed by atoms with E-state index < -0.39 is 0 Å². The lowest BCUT2D eigenvalue weighted by molar-refractivity contribution is -0.112. The summed E-state index contributed by atoms with van der Waals surface area (Å²) in [6.07, 6.45) is 3.88. The monoisotopic (exact) mass is 348 g/mol. The van der Waals surface area contributed by atoms with Crippen LogP contribution in [0.15, 0.2) is 59.7 Å². The quantitative estimate of drug-likeness (QED) is 0.694. The third-order valence-corrected chi connectivity index (χ3v) is 4.30. The van der Waals surface area contributed by atoms with Crippen molar-refractivity contribution in [3.63, 3.8) is 0 Å². The summed E-state index contributed by atoms with van der Waals surface area (Å²) >= 11 is 0. The maximum absolute atomic E-state index is 12.6. The van der Waals surface area contributed by atoms with Crippen LogP contribution in [-0.4, -0.2) is 34.0 Å². The average Bonchev–Trinajstić information content (AvgIpc) is 2.61. The predicted octanol–water partition coefficient (Wildman–Crippen LogP) is 4.89. The molecule has 3 heteroatoms. The molecule has 0 fully saturated rings. The van der Waals surface area contributed by atoms with Crippen molar-refractivity contribution in [1.82, 2.24) is 0 Å². The van der Waals surface area contributed by atoms with E-state index in [1.807, 2.05) is 78.5 Å². The molecule has 0 unspecified atom stereocenters. The maximum atomic E-state index is 12.6. The topological polar surface area (TPSA) is 23.6 Å². The van der Waals surface area contributed by atoms with Crippen LogP contribution in [0.3, 0.4) is 0 Å². The molecule has 3 nitrogen and oxygen atoms in total. The van der Waals surface area contributed by atoms with Crippen molar-refractivity contribution >= 4 is 29.3 Å². The van der Waals surface area contributed by atoms with Crippen LogP contribution in [0.1, 0.15) is 25.0 Å². The summed E-state index contributed by atoms with van der Waals surface area (Å²) in [5, 5.41) is 0. The molecule has 2 aromatic carbocycles. The Kier molecular flexibility index (Phi) is 6.40. The third kappa shape index (κ3) is 5.09. The zero-order chi connectivity index (χ0) is 19.3. The predicted molar refractivity (Wildman–Crippen MR) is 114 cm³/mol. The van der Waals surface area contributed by atoms with Crippen molar-refractivity contribution in [3.8, 4) is 0 Å². The normalized spacial score (nSPS) is 12.1. The van der Waals surface area contributed by atoms with Crippen LogP contribution in [0.5, 0.6) is 0 Å². The lowest BCUT2D eigenvalue weighted by Gasteiger charge is -2.12. The first-order valence-corrected chi connectivity index (χ1v) is 8.74. The minimum atomic E-state index is 0.0679. The van der Waals surface area contributed by atoms with Gasteiger partial charge in [-0.1, -0.05) is 24.3 Å². The van der Waals surface area contributed by atoms with Crippen molar-refractivity contribution in [2.75, 3.05) is 38.0 Å². The van der Waals surface area contributed by atoms with Crippen LogP contribution < -0.4 is 9.80 Å². The highest BCUT2D eigenvalue weighted by Gasteiger charge is 2.08. The van der Waals surface area contributed by atoms with E-state index >= 15 is 0 Å². The van der Waals surface area contributed by atoms with E-state index in [1.54, 1.807) is 0 Å². The lowest BCUT2D eigenvalue weighted by atomic mass is 10.0. The van der Waals surface area contributed by atoms with Gasteiger partial charge in [-0.25, -0.2) is 0 Å². The first-order chi connectivity index (χ1) is 12.3. The van der Waals surface area contributed by atoms with Crippen LogP contribution in [0.2, 0.25) is 0 Å². The fourth-order valence-corrected chi connectivity index (χ4v) is 2.68. The Hall–Kier alpha value is -2.81. The van der Waals surface area contributed by atoms with Crippen LogP contribution in [-0.2, 0) is 4.79 Å². The Morgan fingerprint density at radius 3 is 1.23 bits per heavy atom. The summed E-state index contributed by atoms with van der Waals surface area (Å²) in [5.41, 5.74) is 5.82. The summed E-state index contributed by atoms with van der Waals surface area (Å²) in [4.78, 5) is 16.8. The summed E-state index contributed by atoms with van der Waals surface area (Å²) in [7, 11) is 8.05. The molecule has 0 aliphatic carbocycles. The number of allylic oxidation sites excluding steroid dienone is 2. The second kappa shape index (κ2) is 8.52. The van der Waals surface area contributed by atoms with Gasteiger partial charge in [-0.3, -0.25) is 4.79 Å². The first-order valence-electron chi connectivity index (χ1n) is 8.74. The molecule has 2 aromatic rings. The number of ketones is 1. The number of rotatable bonds is 6. The third-order valence-electron chi connectivity index (χ3n) is 4.30. The molecule has 0 bridgehead atoms. The van der Waals surface area contributed by atoms with Crippen LogP contribution in [0.4, 0.5) is 11.4 Å². The highest BCUT2D eigenvalue weighted by atomic mass is 16.1. The van der Waals surface area contributed by atoms with Gasteiger partial charge in [0.15, 0.2) is 5.78 Å². The van der Waals surface area contributed by atoms with E-state index in [4.69, 9.17) is 0 Å². The van der Waals surface area contributed by atoms with E-state index in [0.29, 0.717) is 0 Å². The molecule has 26 heavy (non-hydrogen) atoms. The number of carbonyl (C=O) groups excluding carboxylic acids is 1. The van der Waals surface area contributed by atoms with E-state index in [-0.39, 0.29) is 5.78 Å². The number of hydrogen-bond donors (Lipinski definition) is 0. The van der Waals surface area contributed by atoms with Gasteiger partial charge >= 0.3 is 0 Å². The van der Waals surface area contributed by atoms with Gasteiger partial charge in [-0.05, 0) is 72.5 Å². The minimum Gasteiger partial charge on any atom is -0.378 e. The lowest BCUT2D eigenvalue weighted by Crippen LogP contribution is -2.08. The number of anilines is 2. The zero-order valence-corrected chi connectivity index (χ0v) is 16.6. The van der Waals surface area contributed by atoms with Gasteiger partial charge in [0.1, 0.15) is 0 Å². The molecule has 0 saturated heterocycles. The molecule has 0 saturated carbocycles. The molecule has 0 atom stereocenters. The Labute approximate surface area is 157 Å². The maximum Gasteiger partial charge on any atom is 0.184 e. The molecule has 0 N–H and O–H groups in total. The van der Waals surface area contributed by atoms with Crippen LogP contribution in [0.25, 0.3) is 12.2 Å². The van der Waals surface area contributed by atoms with E-state index in [9.17, 15) is 4.79 Å². The standard InChI is InChI=1S/C23H28N2O/c1-17(15-19-7-11-21(12-8-19)24(3)4)23(26)18(2)16-20-9-13-22(14-10-20)25(5)6/h7-16H,1-6H3/b17-15+,18-16+. The summed E-state index contributed by atoms with van der Waals surface area (Å²) in [5.74, 6) is 0.0679. The Balaban J connectivity index is 2.15. The minimum absolute atomic E-state index is 0.0679. The molecule has 0 aromatic heterocycles. The van der Waals surface area contributed by atoms with Crippen molar-refractivity contribution < 1.29 is 4.79 Å². The number of nitrogens with zero attached hydrogens (tertiary/aromatic N) is 2. The SMILES string of the molecule is C/C(=C\c1ccc(N(C)C)cc1)C(=O)/C(C)=C/c1ccc(N(C)C)cc1. The number of benzene rings is 2. The molecule has 0 aliphatic rings. The van der Waals surface area contributed by atoms with Crippen molar-refractivity contribution in [2.45, 2.75) is 13.8 Å². The fourth-order valence-electron chi connectivity index (χ4n) is 2.68. The number of carbonyl (C=O) groups is 1. The zero-order valence-electron chi connectivity index (χ0n) is 16.6. The van der Waals surface area contributed by atoms with Gasteiger partial charge in [0.05, 0.1) is 0 Å². The molecular weight excluding hydrogens is 320 g/mol. The van der Waals surface area contributed by atoms with Crippen molar-refractivity contribution in [3.05, 3.63) is 70.8 Å². The molecular formula is C23H28N2O. The Morgan fingerprint density at radius 2 is 0.962 bits per heavy atom. The summed E-state index contributed by atoms with van der Waals surface area (Å²) in [6.45, 7) is 3.74. The highest BCUT2D eigenvalue weighted by Crippen LogP contribution is 2.18. The molecule has 0 amide bonds. The van der Waals surface area contributed by atoms with Crippen LogP contribution >= 0.6 is 0 Å². The second-order valence-corrected chi connectivity index (χ2v) is 6.96. The molecule has 0 radical (unpaired) electrons. The molecule has 0 spiro atoms. The Bertz CT molecular complexity index is 741. The molecule has 2 rings (SSSR count). The van der Waals surface area contributed by atoms with E-state index in [1.165, 1.54) is 0 Å².